The lowest BCUT2D eigenvalue weighted by atomic mass is 10.1. The zero-order valence-electron chi connectivity index (χ0n) is 15.3. The number of hydrogen-bond donors (Lipinski definition) is 6. The molecule has 0 amide bonds. The van der Waals surface area contributed by atoms with Crippen LogP contribution in [-0.4, -0.2) is 102 Å². The molecule has 1 unspecified atom stereocenters. The van der Waals surface area contributed by atoms with Gasteiger partial charge in [-0.15, -0.1) is 0 Å². The minimum absolute atomic E-state index is 0.0202. The van der Waals surface area contributed by atoms with Crippen LogP contribution >= 0.6 is 7.60 Å². The van der Waals surface area contributed by atoms with Gasteiger partial charge in [0.1, 0.15) is 30.7 Å². The molecule has 2 saturated heterocycles. The van der Waals surface area contributed by atoms with Gasteiger partial charge in [0.05, 0.1) is 25.4 Å². The number of hydrogen-bond acceptors (Lipinski definition) is 10. The SMILES string of the molecule is O=c1ccn(C[C@@H]2O[C@H](COP(=O)(O)CN3C[C@@H](O)[C@H](O)C3)[C@@H](O)[C@H]2O)c(=O)[nH]1. The molecule has 7 atom stereocenters. The van der Waals surface area contributed by atoms with Crippen LogP contribution in [0, 0.1) is 0 Å². The Labute approximate surface area is 164 Å². The first kappa shape index (κ1) is 22.3. The number of β-amino-alcohol motifs (C(OH)–C–C–N with tert-alkyl or cyclic N) is 2. The molecule has 0 spiro atoms. The highest BCUT2D eigenvalue weighted by molar-refractivity contribution is 7.52. The molecule has 13 nitrogen and oxygen atoms in total. The van der Waals surface area contributed by atoms with Crippen LogP contribution in [0.2, 0.25) is 0 Å². The Bertz CT molecular complexity index is 864. The maximum absolute atomic E-state index is 12.2. The Kier molecular flexibility index (Phi) is 6.73. The highest BCUT2D eigenvalue weighted by atomic mass is 31.2. The quantitative estimate of drug-likeness (QED) is 0.229. The molecule has 6 N–H and O–H groups in total. The first-order chi connectivity index (χ1) is 13.6. The third-order valence-electron chi connectivity index (χ3n) is 4.89. The number of H-pyrrole nitrogens is 1. The summed E-state index contributed by atoms with van der Waals surface area (Å²) < 4.78 is 23.8. The Morgan fingerprint density at radius 3 is 2.38 bits per heavy atom. The van der Waals surface area contributed by atoms with Crippen LogP contribution in [0.15, 0.2) is 21.9 Å². The van der Waals surface area contributed by atoms with Gasteiger partial charge in [-0.2, -0.15) is 0 Å². The van der Waals surface area contributed by atoms with E-state index < -0.39 is 68.4 Å². The van der Waals surface area contributed by atoms with Crippen LogP contribution in [0.5, 0.6) is 0 Å². The molecule has 0 aromatic carbocycles. The number of aliphatic hydroxyl groups is 4. The molecule has 0 aliphatic carbocycles. The summed E-state index contributed by atoms with van der Waals surface area (Å²) in [4.78, 5) is 36.2. The monoisotopic (exact) mass is 437 g/mol. The van der Waals surface area contributed by atoms with E-state index in [0.29, 0.717) is 0 Å². The molecule has 3 heterocycles. The van der Waals surface area contributed by atoms with E-state index in [-0.39, 0.29) is 19.6 Å². The Hall–Kier alpha value is -1.41. The Morgan fingerprint density at radius 2 is 1.76 bits per heavy atom. The number of rotatable bonds is 7. The van der Waals surface area contributed by atoms with E-state index in [1.807, 2.05) is 0 Å². The van der Waals surface area contributed by atoms with Gasteiger partial charge in [0.2, 0.25) is 0 Å². The van der Waals surface area contributed by atoms with Crippen molar-refractivity contribution in [2.45, 2.75) is 43.2 Å². The third-order valence-corrected chi connectivity index (χ3v) is 6.20. The molecule has 2 aliphatic rings. The second-order valence-electron chi connectivity index (χ2n) is 7.20. The zero-order chi connectivity index (χ0) is 21.3. The first-order valence-electron chi connectivity index (χ1n) is 8.92. The summed E-state index contributed by atoms with van der Waals surface area (Å²) in [5, 5.41) is 39.2. The molecule has 0 bridgehead atoms. The van der Waals surface area contributed by atoms with Crippen LogP contribution in [0.4, 0.5) is 0 Å². The van der Waals surface area contributed by atoms with Crippen molar-refractivity contribution in [3.63, 3.8) is 0 Å². The fraction of sp³-hybridized carbons (Fsp3) is 0.733. The molecule has 1 aromatic rings. The van der Waals surface area contributed by atoms with Crippen molar-refractivity contribution in [2.24, 2.45) is 0 Å². The molecule has 29 heavy (non-hydrogen) atoms. The van der Waals surface area contributed by atoms with Gasteiger partial charge in [0, 0.05) is 25.4 Å². The van der Waals surface area contributed by atoms with Gasteiger partial charge in [-0.3, -0.25) is 23.8 Å². The van der Waals surface area contributed by atoms with Crippen LogP contribution in [-0.2, 0) is 20.4 Å². The van der Waals surface area contributed by atoms with Gasteiger partial charge in [-0.1, -0.05) is 0 Å². The average molecular weight is 437 g/mol. The highest BCUT2D eigenvalue weighted by Gasteiger charge is 2.44. The maximum atomic E-state index is 12.2. The van der Waals surface area contributed by atoms with E-state index in [1.54, 1.807) is 0 Å². The van der Waals surface area contributed by atoms with Gasteiger partial charge in [-0.05, 0) is 0 Å². The van der Waals surface area contributed by atoms with Crippen LogP contribution < -0.4 is 11.2 Å². The van der Waals surface area contributed by atoms with E-state index in [4.69, 9.17) is 9.26 Å². The number of likely N-dealkylation sites (tertiary alicyclic amines) is 1. The topological polar surface area (TPSA) is 195 Å². The number of aliphatic hydroxyl groups excluding tert-OH is 4. The number of aromatic amines is 1. The summed E-state index contributed by atoms with van der Waals surface area (Å²) in [6.45, 7) is -0.620. The molecule has 1 aromatic heterocycles. The van der Waals surface area contributed by atoms with Crippen LogP contribution in [0.3, 0.4) is 0 Å². The van der Waals surface area contributed by atoms with E-state index in [0.717, 1.165) is 10.6 Å². The standard InChI is InChI=1S/C15H24N3O10P/c19-8-3-17(4-9(8)20)7-29(25,26)27-6-11-14(23)13(22)10(28-11)5-18-2-1-12(21)16-15(18)24/h1-2,8-11,13-14,19-20,22-23H,3-7H2,(H,25,26)(H,16,21,24)/t8-,9-,10+,11-,13+,14-/m1/s1. The molecule has 2 aliphatic heterocycles. The fourth-order valence-corrected chi connectivity index (χ4v) is 4.54. The second kappa shape index (κ2) is 8.76. The predicted octanol–water partition coefficient (Wildman–Crippen LogP) is -3.78. The molecule has 0 radical (unpaired) electrons. The van der Waals surface area contributed by atoms with Crippen molar-refractivity contribution >= 4 is 7.60 Å². The van der Waals surface area contributed by atoms with Crippen molar-refractivity contribution in [1.29, 1.82) is 0 Å². The second-order valence-corrected chi connectivity index (χ2v) is 9.02. The van der Waals surface area contributed by atoms with Crippen molar-refractivity contribution in [1.82, 2.24) is 14.5 Å². The minimum Gasteiger partial charge on any atom is -0.389 e. The van der Waals surface area contributed by atoms with E-state index in [1.165, 1.54) is 11.1 Å². The Balaban J connectivity index is 1.55. The van der Waals surface area contributed by atoms with Gasteiger partial charge >= 0.3 is 13.3 Å². The van der Waals surface area contributed by atoms with Gasteiger partial charge in [0.25, 0.3) is 5.56 Å². The van der Waals surface area contributed by atoms with E-state index in [9.17, 15) is 39.5 Å². The molecule has 14 heteroatoms. The smallest absolute Gasteiger partial charge is 0.342 e. The largest absolute Gasteiger partial charge is 0.389 e. The summed E-state index contributed by atoms with van der Waals surface area (Å²) in [5.74, 6) is 0. The normalized spacial score (nSPS) is 35.1. The molecular weight excluding hydrogens is 413 g/mol. The average Bonchev–Trinajstić information content (AvgIpc) is 3.08. The molecular formula is C15H24N3O10P. The molecule has 0 saturated carbocycles. The van der Waals surface area contributed by atoms with Crippen molar-refractivity contribution in [3.05, 3.63) is 33.1 Å². The fourth-order valence-electron chi connectivity index (χ4n) is 3.34. The Morgan fingerprint density at radius 1 is 1.14 bits per heavy atom. The summed E-state index contributed by atoms with van der Waals surface area (Å²) in [5.41, 5.74) is -1.29. The van der Waals surface area contributed by atoms with Gasteiger partial charge in [0.15, 0.2) is 0 Å². The predicted molar refractivity (Wildman–Crippen MR) is 96.2 cm³/mol. The molecule has 2 fully saturated rings. The van der Waals surface area contributed by atoms with E-state index >= 15 is 0 Å². The first-order valence-corrected chi connectivity index (χ1v) is 10.7. The van der Waals surface area contributed by atoms with Crippen molar-refractivity contribution in [2.75, 3.05) is 26.0 Å². The summed E-state index contributed by atoms with van der Waals surface area (Å²) in [6.07, 6.45) is -6.17. The highest BCUT2D eigenvalue weighted by Crippen LogP contribution is 2.44. The summed E-state index contributed by atoms with van der Waals surface area (Å²) in [7, 11) is -4.16. The molecule has 164 valence electrons. The number of ether oxygens (including phenoxy) is 1. The number of nitrogens with one attached hydrogen (secondary N) is 1. The zero-order valence-corrected chi connectivity index (χ0v) is 16.2. The summed E-state index contributed by atoms with van der Waals surface area (Å²) in [6, 6.07) is 1.12. The van der Waals surface area contributed by atoms with Crippen molar-refractivity contribution < 1.29 is 39.1 Å². The van der Waals surface area contributed by atoms with Crippen LogP contribution in [0.1, 0.15) is 0 Å². The molecule has 3 rings (SSSR count). The van der Waals surface area contributed by atoms with Crippen LogP contribution in [0.25, 0.3) is 0 Å². The van der Waals surface area contributed by atoms with E-state index in [2.05, 4.69) is 4.98 Å². The summed E-state index contributed by atoms with van der Waals surface area (Å²) >= 11 is 0. The number of nitrogens with zero attached hydrogens (tertiary/aromatic N) is 2. The lowest BCUT2D eigenvalue weighted by Crippen LogP contribution is -2.38. The third kappa shape index (κ3) is 5.40. The lowest BCUT2D eigenvalue weighted by Gasteiger charge is -2.21. The lowest BCUT2D eigenvalue weighted by molar-refractivity contribution is -0.0236. The van der Waals surface area contributed by atoms with Gasteiger partial charge < -0.3 is 34.6 Å². The van der Waals surface area contributed by atoms with Gasteiger partial charge in [-0.25, -0.2) is 4.79 Å². The maximum Gasteiger partial charge on any atom is 0.342 e. The van der Waals surface area contributed by atoms with Crippen molar-refractivity contribution in [3.8, 4) is 0 Å². The minimum atomic E-state index is -4.16. The number of aromatic nitrogens is 2.